The van der Waals surface area contributed by atoms with Crippen molar-refractivity contribution in [1.29, 1.82) is 0 Å². The predicted molar refractivity (Wildman–Crippen MR) is 105 cm³/mol. The fourth-order valence-corrected chi connectivity index (χ4v) is 4.59. The van der Waals surface area contributed by atoms with Crippen molar-refractivity contribution < 1.29 is 40.2 Å². The van der Waals surface area contributed by atoms with Crippen molar-refractivity contribution in [3.63, 3.8) is 0 Å². The maximum Gasteiger partial charge on any atom is 0.416 e. The van der Waals surface area contributed by atoms with Crippen LogP contribution in [0.1, 0.15) is 41.2 Å². The molecule has 10 heteroatoms. The van der Waals surface area contributed by atoms with Crippen LogP contribution in [0.25, 0.3) is 0 Å². The topological polar surface area (TPSA) is 30.5 Å². The van der Waals surface area contributed by atoms with Crippen LogP contribution in [0.4, 0.5) is 30.7 Å². The molecule has 5 atom stereocenters. The monoisotopic (exact) mass is 477 g/mol. The van der Waals surface area contributed by atoms with Crippen LogP contribution in [0.5, 0.6) is 0 Å². The third-order valence-electron chi connectivity index (χ3n) is 6.29. The summed E-state index contributed by atoms with van der Waals surface area (Å²) in [5, 5.41) is 3.27. The molecule has 33 heavy (non-hydrogen) atoms. The van der Waals surface area contributed by atoms with Gasteiger partial charge >= 0.3 is 12.4 Å². The van der Waals surface area contributed by atoms with E-state index in [2.05, 4.69) is 5.32 Å². The van der Waals surface area contributed by atoms with Gasteiger partial charge in [0.05, 0.1) is 23.8 Å². The molecule has 0 bridgehead atoms. The maximum atomic E-state index is 13.5. The molecule has 2 aromatic rings. The Balaban J connectivity index is 1.65. The Hall–Kier alpha value is -2.17. The van der Waals surface area contributed by atoms with Gasteiger partial charge in [0.1, 0.15) is 5.82 Å². The van der Waals surface area contributed by atoms with Crippen molar-refractivity contribution in [3.8, 4) is 0 Å². The molecule has 2 aliphatic rings. The molecule has 0 spiro atoms. The van der Waals surface area contributed by atoms with Crippen molar-refractivity contribution in [3.05, 3.63) is 70.5 Å². The highest BCUT2D eigenvalue weighted by molar-refractivity contribution is 5.35. The molecular weight excluding hydrogens is 455 g/mol. The van der Waals surface area contributed by atoms with Gasteiger partial charge in [-0.25, -0.2) is 4.39 Å². The zero-order valence-corrected chi connectivity index (χ0v) is 17.5. The summed E-state index contributed by atoms with van der Waals surface area (Å²) in [5.41, 5.74) is -2.33. The minimum Gasteiger partial charge on any atom is -0.352 e. The van der Waals surface area contributed by atoms with Crippen LogP contribution in [-0.4, -0.2) is 26.0 Å². The first kappa shape index (κ1) is 24.0. The molecule has 3 nitrogen and oxygen atoms in total. The first-order valence-corrected chi connectivity index (χ1v) is 10.5. The van der Waals surface area contributed by atoms with Gasteiger partial charge in [-0.3, -0.25) is 0 Å². The number of ether oxygens (including phenoxy) is 2. The Bertz CT molecular complexity index is 942. The number of alkyl halides is 6. The minimum absolute atomic E-state index is 0.0636. The summed E-state index contributed by atoms with van der Waals surface area (Å²) in [7, 11) is 0. The predicted octanol–water partition coefficient (Wildman–Crippen LogP) is 5.92. The van der Waals surface area contributed by atoms with Gasteiger partial charge in [-0.1, -0.05) is 12.1 Å². The summed E-state index contributed by atoms with van der Waals surface area (Å²) < 4.78 is 105. The van der Waals surface area contributed by atoms with E-state index in [1.165, 1.54) is 19.1 Å². The highest BCUT2D eigenvalue weighted by atomic mass is 19.4. The lowest BCUT2D eigenvalue weighted by Crippen LogP contribution is -2.42. The third-order valence-corrected chi connectivity index (χ3v) is 6.29. The van der Waals surface area contributed by atoms with Gasteiger partial charge in [0, 0.05) is 12.5 Å². The van der Waals surface area contributed by atoms with Crippen LogP contribution < -0.4 is 5.32 Å². The van der Waals surface area contributed by atoms with E-state index in [-0.39, 0.29) is 29.4 Å². The average molecular weight is 477 g/mol. The summed E-state index contributed by atoms with van der Waals surface area (Å²) in [6.07, 6.45) is -11.9. The molecule has 2 saturated heterocycles. The quantitative estimate of drug-likeness (QED) is 0.555. The Kier molecular flexibility index (Phi) is 6.45. The van der Waals surface area contributed by atoms with Crippen LogP contribution in [0, 0.1) is 17.7 Å². The molecular formula is C23H22F7NO2. The number of halogens is 7. The third kappa shape index (κ3) is 5.17. The molecule has 2 aromatic carbocycles. The molecule has 2 heterocycles. The van der Waals surface area contributed by atoms with Gasteiger partial charge in [-0.15, -0.1) is 0 Å². The van der Waals surface area contributed by atoms with E-state index in [9.17, 15) is 30.7 Å². The number of fused-ring (bicyclic) bond motifs is 1. The molecule has 4 rings (SSSR count). The lowest BCUT2D eigenvalue weighted by Gasteiger charge is -2.40. The van der Waals surface area contributed by atoms with E-state index >= 15 is 0 Å². The second kappa shape index (κ2) is 8.88. The lowest BCUT2D eigenvalue weighted by molar-refractivity contribution is -0.217. The Morgan fingerprint density at radius 1 is 0.939 bits per heavy atom. The van der Waals surface area contributed by atoms with Crippen LogP contribution in [-0.2, 0) is 21.8 Å². The van der Waals surface area contributed by atoms with E-state index in [0.29, 0.717) is 31.8 Å². The summed E-state index contributed by atoms with van der Waals surface area (Å²) >= 11 is 0. The van der Waals surface area contributed by atoms with Gasteiger partial charge in [0.15, 0.2) is 6.29 Å². The molecule has 0 aliphatic carbocycles. The molecule has 0 radical (unpaired) electrons. The van der Waals surface area contributed by atoms with Gasteiger partial charge in [0.25, 0.3) is 0 Å². The smallest absolute Gasteiger partial charge is 0.352 e. The zero-order chi connectivity index (χ0) is 24.0. The number of benzene rings is 2. The minimum atomic E-state index is -4.95. The fraction of sp³-hybridized carbons (Fsp3) is 0.478. The van der Waals surface area contributed by atoms with Gasteiger partial charge in [-0.05, 0) is 66.8 Å². The number of rotatable bonds is 4. The maximum absolute atomic E-state index is 13.5. The van der Waals surface area contributed by atoms with Gasteiger partial charge < -0.3 is 14.8 Å². The van der Waals surface area contributed by atoms with Crippen LogP contribution in [0.15, 0.2) is 42.5 Å². The number of hydrogen-bond donors (Lipinski definition) is 1. The molecule has 1 N–H and O–H groups in total. The van der Waals surface area contributed by atoms with Gasteiger partial charge in [0.2, 0.25) is 0 Å². The second-order valence-electron chi connectivity index (χ2n) is 8.48. The lowest BCUT2D eigenvalue weighted by atomic mass is 9.77. The summed E-state index contributed by atoms with van der Waals surface area (Å²) in [6.45, 7) is 3.09. The molecule has 0 aromatic heterocycles. The van der Waals surface area contributed by atoms with E-state index < -0.39 is 41.7 Å². The fourth-order valence-electron chi connectivity index (χ4n) is 4.59. The van der Waals surface area contributed by atoms with Crippen molar-refractivity contribution in [2.75, 3.05) is 19.7 Å². The Morgan fingerprint density at radius 3 is 2.12 bits per heavy atom. The average Bonchev–Trinajstić information content (AvgIpc) is 3.21. The van der Waals surface area contributed by atoms with Crippen molar-refractivity contribution in [2.24, 2.45) is 11.8 Å². The highest BCUT2D eigenvalue weighted by Gasteiger charge is 2.45. The normalized spacial score (nSPS) is 26.8. The largest absolute Gasteiger partial charge is 0.416 e. The van der Waals surface area contributed by atoms with Crippen molar-refractivity contribution in [2.45, 2.75) is 37.6 Å². The molecule has 2 fully saturated rings. The van der Waals surface area contributed by atoms with Crippen molar-refractivity contribution >= 4 is 0 Å². The Labute approximate surface area is 185 Å². The summed E-state index contributed by atoms with van der Waals surface area (Å²) in [5.74, 6) is -0.560. The second-order valence-corrected chi connectivity index (χ2v) is 8.48. The van der Waals surface area contributed by atoms with E-state index in [1.54, 1.807) is 12.1 Å². The standard InChI is InChI=1S/C23H22F7NO2/c1-12(14-6-16(22(25,26)27)8-17(7-14)23(28,29)30)33-21-20(13-2-4-18(24)5-3-13)19-10-31-9-15(19)11-32-21/h2-8,12,15,19-21,31H,9-11H2,1H3/t12-,15+,19-,20+,21-/m1/s1. The molecule has 180 valence electrons. The van der Waals surface area contributed by atoms with Gasteiger partial charge in [-0.2, -0.15) is 26.3 Å². The first-order valence-electron chi connectivity index (χ1n) is 10.5. The zero-order valence-electron chi connectivity index (χ0n) is 17.5. The molecule has 0 saturated carbocycles. The van der Waals surface area contributed by atoms with E-state index in [0.717, 1.165) is 5.56 Å². The number of nitrogens with one attached hydrogen (secondary N) is 1. The highest BCUT2D eigenvalue weighted by Crippen LogP contribution is 2.43. The van der Waals surface area contributed by atoms with E-state index in [4.69, 9.17) is 9.47 Å². The van der Waals surface area contributed by atoms with Crippen LogP contribution in [0.2, 0.25) is 0 Å². The summed E-state index contributed by atoms with van der Waals surface area (Å²) in [6, 6.07) is 7.19. The van der Waals surface area contributed by atoms with Crippen LogP contribution in [0.3, 0.4) is 0 Å². The molecule has 0 amide bonds. The molecule has 0 unspecified atom stereocenters. The number of hydrogen-bond acceptors (Lipinski definition) is 3. The van der Waals surface area contributed by atoms with Crippen LogP contribution >= 0.6 is 0 Å². The SMILES string of the molecule is C[C@@H](O[C@H]1OC[C@@H]2CNC[C@H]2[C@@H]1c1ccc(F)cc1)c1cc(C(F)(F)F)cc(C(F)(F)F)c1. The van der Waals surface area contributed by atoms with Crippen molar-refractivity contribution in [1.82, 2.24) is 5.32 Å². The first-order chi connectivity index (χ1) is 15.4. The molecule has 2 aliphatic heterocycles. The van der Waals surface area contributed by atoms with E-state index in [1.807, 2.05) is 0 Å². The Morgan fingerprint density at radius 2 is 1.55 bits per heavy atom. The summed E-state index contributed by atoms with van der Waals surface area (Å²) in [4.78, 5) is 0.